The van der Waals surface area contributed by atoms with Crippen LogP contribution in [0.15, 0.2) is 18.2 Å². The lowest BCUT2D eigenvalue weighted by Crippen LogP contribution is -2.49. The van der Waals surface area contributed by atoms with E-state index in [2.05, 4.69) is 10.6 Å². The van der Waals surface area contributed by atoms with E-state index in [-0.39, 0.29) is 24.0 Å². The van der Waals surface area contributed by atoms with Crippen molar-refractivity contribution in [1.29, 1.82) is 0 Å². The highest BCUT2D eigenvalue weighted by molar-refractivity contribution is 5.78. The van der Waals surface area contributed by atoms with Gasteiger partial charge >= 0.3 is 0 Å². The van der Waals surface area contributed by atoms with Crippen LogP contribution in [0.2, 0.25) is 0 Å². The third-order valence-corrected chi connectivity index (χ3v) is 3.69. The molecule has 104 valence electrons. The highest BCUT2D eigenvalue weighted by atomic mass is 19.1. The summed E-state index contributed by atoms with van der Waals surface area (Å²) in [4.78, 5) is 11.9. The molecule has 1 aliphatic heterocycles. The molecule has 1 fully saturated rings. The highest BCUT2D eigenvalue weighted by Gasteiger charge is 2.28. The molecule has 1 aromatic rings. The maximum Gasteiger partial charge on any atom is 0.223 e. The Morgan fingerprint density at radius 3 is 2.84 bits per heavy atom. The van der Waals surface area contributed by atoms with Gasteiger partial charge < -0.3 is 15.7 Å². The lowest BCUT2D eigenvalue weighted by atomic mass is 9.88. The minimum Gasteiger partial charge on any atom is -0.392 e. The molecular weight excluding hydrogens is 247 g/mol. The molecule has 1 heterocycles. The summed E-state index contributed by atoms with van der Waals surface area (Å²) in [6.07, 6.45) is 0. The SMILES string of the molecule is CC(C(=O)NCc1ccc(CO)c(F)c1)C1CNC1. The van der Waals surface area contributed by atoms with Crippen LogP contribution in [-0.4, -0.2) is 24.1 Å². The van der Waals surface area contributed by atoms with Crippen molar-refractivity contribution in [2.75, 3.05) is 13.1 Å². The zero-order valence-corrected chi connectivity index (χ0v) is 10.9. The Morgan fingerprint density at radius 2 is 2.32 bits per heavy atom. The fraction of sp³-hybridized carbons (Fsp3) is 0.500. The van der Waals surface area contributed by atoms with Gasteiger partial charge in [-0.2, -0.15) is 0 Å². The second-order valence-corrected chi connectivity index (χ2v) is 5.01. The number of carbonyl (C=O) groups is 1. The number of nitrogens with one attached hydrogen (secondary N) is 2. The first-order chi connectivity index (χ1) is 9.11. The Balaban J connectivity index is 1.87. The van der Waals surface area contributed by atoms with E-state index < -0.39 is 5.82 Å². The molecule has 0 spiro atoms. The monoisotopic (exact) mass is 266 g/mol. The number of aliphatic hydroxyl groups is 1. The number of benzene rings is 1. The Labute approximate surface area is 112 Å². The van der Waals surface area contributed by atoms with Gasteiger partial charge in [-0.05, 0) is 30.6 Å². The maximum atomic E-state index is 13.4. The number of amides is 1. The van der Waals surface area contributed by atoms with Crippen molar-refractivity contribution in [2.45, 2.75) is 20.1 Å². The average Bonchev–Trinajstić information content (AvgIpc) is 2.34. The second-order valence-electron chi connectivity index (χ2n) is 5.01. The molecule has 0 radical (unpaired) electrons. The van der Waals surface area contributed by atoms with Gasteiger partial charge in [0.05, 0.1) is 6.61 Å². The molecule has 1 aromatic carbocycles. The van der Waals surface area contributed by atoms with Crippen LogP contribution in [0.1, 0.15) is 18.1 Å². The molecular formula is C14H19FN2O2. The summed E-state index contributed by atoms with van der Waals surface area (Å²) in [5, 5.41) is 14.8. The zero-order valence-electron chi connectivity index (χ0n) is 10.9. The van der Waals surface area contributed by atoms with Crippen molar-refractivity contribution < 1.29 is 14.3 Å². The first-order valence-electron chi connectivity index (χ1n) is 6.48. The van der Waals surface area contributed by atoms with E-state index in [0.29, 0.717) is 18.0 Å². The minimum absolute atomic E-state index is 0.00172. The van der Waals surface area contributed by atoms with E-state index in [9.17, 15) is 9.18 Å². The topological polar surface area (TPSA) is 61.4 Å². The van der Waals surface area contributed by atoms with Gasteiger partial charge in [0.25, 0.3) is 0 Å². The summed E-state index contributed by atoms with van der Waals surface area (Å²) in [7, 11) is 0. The smallest absolute Gasteiger partial charge is 0.223 e. The quantitative estimate of drug-likeness (QED) is 0.738. The first kappa shape index (κ1) is 14.0. The number of rotatable bonds is 5. The number of halogens is 1. The van der Waals surface area contributed by atoms with Gasteiger partial charge in [-0.3, -0.25) is 4.79 Å². The normalized spacial score (nSPS) is 16.8. The van der Waals surface area contributed by atoms with E-state index >= 15 is 0 Å². The predicted molar refractivity (Wildman–Crippen MR) is 69.7 cm³/mol. The van der Waals surface area contributed by atoms with Crippen LogP contribution < -0.4 is 10.6 Å². The van der Waals surface area contributed by atoms with E-state index in [1.54, 1.807) is 6.07 Å². The molecule has 2 rings (SSSR count). The number of carbonyl (C=O) groups excluding carboxylic acids is 1. The third-order valence-electron chi connectivity index (χ3n) is 3.69. The standard InChI is InChI=1S/C14H19FN2O2/c1-9(12-6-16-7-12)14(19)17-5-10-2-3-11(8-18)13(15)4-10/h2-4,9,12,16,18H,5-8H2,1H3,(H,17,19). The number of hydrogen-bond donors (Lipinski definition) is 3. The summed E-state index contributed by atoms with van der Waals surface area (Å²) in [6, 6.07) is 4.60. The summed E-state index contributed by atoms with van der Waals surface area (Å²) in [5.41, 5.74) is 0.964. The number of hydrogen-bond acceptors (Lipinski definition) is 3. The Hall–Kier alpha value is -1.46. The average molecular weight is 266 g/mol. The largest absolute Gasteiger partial charge is 0.392 e. The maximum absolute atomic E-state index is 13.4. The molecule has 0 saturated carbocycles. The van der Waals surface area contributed by atoms with Gasteiger partial charge in [0.15, 0.2) is 0 Å². The molecule has 0 aliphatic carbocycles. The van der Waals surface area contributed by atoms with Gasteiger partial charge in [-0.25, -0.2) is 4.39 Å². The van der Waals surface area contributed by atoms with Crippen molar-refractivity contribution in [3.05, 3.63) is 35.1 Å². The first-order valence-corrected chi connectivity index (χ1v) is 6.48. The molecule has 1 atom stereocenters. The molecule has 3 N–H and O–H groups in total. The molecule has 1 saturated heterocycles. The van der Waals surface area contributed by atoms with Crippen LogP contribution in [0.3, 0.4) is 0 Å². The Morgan fingerprint density at radius 1 is 1.58 bits per heavy atom. The summed E-state index contributed by atoms with van der Waals surface area (Å²) in [5.74, 6) is -0.0695. The number of aliphatic hydroxyl groups excluding tert-OH is 1. The van der Waals surface area contributed by atoms with Crippen molar-refractivity contribution in [3.8, 4) is 0 Å². The molecule has 1 aliphatic rings. The van der Waals surface area contributed by atoms with E-state index in [1.807, 2.05) is 6.92 Å². The minimum atomic E-state index is -0.439. The lowest BCUT2D eigenvalue weighted by Gasteiger charge is -2.31. The second kappa shape index (κ2) is 6.12. The molecule has 5 heteroatoms. The molecule has 0 aromatic heterocycles. The molecule has 4 nitrogen and oxygen atoms in total. The van der Waals surface area contributed by atoms with E-state index in [1.165, 1.54) is 12.1 Å². The summed E-state index contributed by atoms with van der Waals surface area (Å²) in [6.45, 7) is 3.68. The summed E-state index contributed by atoms with van der Waals surface area (Å²) >= 11 is 0. The van der Waals surface area contributed by atoms with Crippen molar-refractivity contribution in [1.82, 2.24) is 10.6 Å². The van der Waals surface area contributed by atoms with Crippen LogP contribution >= 0.6 is 0 Å². The molecule has 1 amide bonds. The van der Waals surface area contributed by atoms with Crippen molar-refractivity contribution in [3.63, 3.8) is 0 Å². The summed E-state index contributed by atoms with van der Waals surface area (Å²) < 4.78 is 13.4. The van der Waals surface area contributed by atoms with Crippen LogP contribution in [0.5, 0.6) is 0 Å². The zero-order chi connectivity index (χ0) is 13.8. The third kappa shape index (κ3) is 3.30. The van der Waals surface area contributed by atoms with E-state index in [0.717, 1.165) is 13.1 Å². The Bertz CT molecular complexity index is 461. The fourth-order valence-corrected chi connectivity index (χ4v) is 2.06. The van der Waals surface area contributed by atoms with Gasteiger partial charge in [0.2, 0.25) is 5.91 Å². The van der Waals surface area contributed by atoms with E-state index in [4.69, 9.17) is 5.11 Å². The van der Waals surface area contributed by atoms with Gasteiger partial charge in [-0.1, -0.05) is 19.1 Å². The van der Waals surface area contributed by atoms with Crippen LogP contribution in [0, 0.1) is 17.7 Å². The van der Waals surface area contributed by atoms with Crippen molar-refractivity contribution >= 4 is 5.91 Å². The van der Waals surface area contributed by atoms with Gasteiger partial charge in [-0.15, -0.1) is 0 Å². The molecule has 0 bridgehead atoms. The van der Waals surface area contributed by atoms with Gasteiger partial charge in [0.1, 0.15) is 5.82 Å². The van der Waals surface area contributed by atoms with Gasteiger partial charge in [0, 0.05) is 18.0 Å². The molecule has 19 heavy (non-hydrogen) atoms. The van der Waals surface area contributed by atoms with Crippen LogP contribution in [-0.2, 0) is 17.9 Å². The molecule has 1 unspecified atom stereocenters. The highest BCUT2D eigenvalue weighted by Crippen LogP contribution is 2.16. The lowest BCUT2D eigenvalue weighted by molar-refractivity contribution is -0.126. The van der Waals surface area contributed by atoms with Crippen LogP contribution in [0.25, 0.3) is 0 Å². The Kier molecular flexibility index (Phi) is 4.50. The predicted octanol–water partition coefficient (Wildman–Crippen LogP) is 0.790. The van der Waals surface area contributed by atoms with Crippen LogP contribution in [0.4, 0.5) is 4.39 Å². The fourth-order valence-electron chi connectivity index (χ4n) is 2.06. The van der Waals surface area contributed by atoms with Crippen molar-refractivity contribution in [2.24, 2.45) is 11.8 Å².